The molecule has 0 radical (unpaired) electrons. The predicted octanol–water partition coefficient (Wildman–Crippen LogP) is 2.27. The van der Waals surface area contributed by atoms with E-state index < -0.39 is 16.1 Å². The topological polar surface area (TPSA) is 66.5 Å². The molecule has 1 saturated heterocycles. The highest BCUT2D eigenvalue weighted by atomic mass is 32.2. The molecule has 6 heteroatoms. The monoisotopic (exact) mass is 296 g/mol. The van der Waals surface area contributed by atoms with Gasteiger partial charge in [0.2, 0.25) is 0 Å². The molecule has 5 nitrogen and oxygen atoms in total. The molecule has 110 valence electrons. The molecule has 1 aliphatic rings. The Kier molecular flexibility index (Phi) is 4.32. The minimum Gasteiger partial charge on any atom is -0.321 e. The van der Waals surface area contributed by atoms with Crippen molar-refractivity contribution in [1.82, 2.24) is 9.62 Å². The summed E-state index contributed by atoms with van der Waals surface area (Å²) in [5, 5.41) is 0. The van der Waals surface area contributed by atoms with Gasteiger partial charge in [0.05, 0.1) is 4.90 Å². The van der Waals surface area contributed by atoms with Gasteiger partial charge in [0.15, 0.2) is 0 Å². The summed E-state index contributed by atoms with van der Waals surface area (Å²) in [5.41, 5.74) is 0.972. The van der Waals surface area contributed by atoms with Crippen molar-refractivity contribution in [3.05, 3.63) is 29.8 Å². The van der Waals surface area contributed by atoms with Gasteiger partial charge in [-0.25, -0.2) is 17.9 Å². The van der Waals surface area contributed by atoms with Gasteiger partial charge in [-0.2, -0.15) is 0 Å². The summed E-state index contributed by atoms with van der Waals surface area (Å²) in [6.45, 7) is 4.43. The van der Waals surface area contributed by atoms with E-state index in [-0.39, 0.29) is 10.9 Å². The van der Waals surface area contributed by atoms with Crippen molar-refractivity contribution in [2.24, 2.45) is 0 Å². The summed E-state index contributed by atoms with van der Waals surface area (Å²) in [7, 11) is -3.79. The highest BCUT2D eigenvalue weighted by molar-refractivity contribution is 7.90. The number of nitrogens with one attached hydrogen (secondary N) is 1. The van der Waals surface area contributed by atoms with Gasteiger partial charge in [-0.1, -0.05) is 17.7 Å². The van der Waals surface area contributed by atoms with Crippen LogP contribution in [0.2, 0.25) is 0 Å². The van der Waals surface area contributed by atoms with Crippen LogP contribution in [0.4, 0.5) is 4.79 Å². The number of carbonyl (C=O) groups is 1. The number of nitrogens with zero attached hydrogens (tertiary/aromatic N) is 1. The number of benzene rings is 1. The minimum absolute atomic E-state index is 0.0805. The van der Waals surface area contributed by atoms with Gasteiger partial charge in [0, 0.05) is 12.6 Å². The second kappa shape index (κ2) is 5.83. The summed E-state index contributed by atoms with van der Waals surface area (Å²) in [5.74, 6) is 0. The quantitative estimate of drug-likeness (QED) is 0.910. The maximum Gasteiger partial charge on any atom is 0.331 e. The molecule has 0 aromatic heterocycles. The number of likely N-dealkylation sites (tertiary alicyclic amines) is 1. The second-order valence-corrected chi connectivity index (χ2v) is 6.94. The highest BCUT2D eigenvalue weighted by Gasteiger charge is 2.27. The molecule has 1 N–H and O–H groups in total. The summed E-state index contributed by atoms with van der Waals surface area (Å²) in [6, 6.07) is 5.98. The van der Waals surface area contributed by atoms with Gasteiger partial charge in [0.1, 0.15) is 0 Å². The second-order valence-electron chi connectivity index (χ2n) is 5.26. The van der Waals surface area contributed by atoms with Gasteiger partial charge in [0.25, 0.3) is 10.0 Å². The zero-order valence-corrected chi connectivity index (χ0v) is 12.6. The Morgan fingerprint density at radius 3 is 2.50 bits per heavy atom. The molecule has 1 heterocycles. The summed E-state index contributed by atoms with van der Waals surface area (Å²) >= 11 is 0. The van der Waals surface area contributed by atoms with Crippen LogP contribution in [0.5, 0.6) is 0 Å². The van der Waals surface area contributed by atoms with E-state index in [0.29, 0.717) is 6.54 Å². The zero-order valence-electron chi connectivity index (χ0n) is 11.8. The molecule has 0 spiro atoms. The normalized spacial score (nSPS) is 19.7. The molecule has 0 saturated carbocycles. The molecular formula is C14H20N2O3S. The smallest absolute Gasteiger partial charge is 0.321 e. The summed E-state index contributed by atoms with van der Waals surface area (Å²) in [6.07, 6.45) is 2.91. The number of amides is 2. The van der Waals surface area contributed by atoms with Crippen LogP contribution in [0, 0.1) is 6.92 Å². The molecular weight excluding hydrogens is 276 g/mol. The molecule has 2 rings (SSSR count). The molecule has 20 heavy (non-hydrogen) atoms. The predicted molar refractivity (Wildman–Crippen MR) is 76.9 cm³/mol. The van der Waals surface area contributed by atoms with E-state index in [1.807, 2.05) is 13.8 Å². The molecule has 1 aromatic carbocycles. The maximum absolute atomic E-state index is 12.1. The van der Waals surface area contributed by atoms with Gasteiger partial charge >= 0.3 is 6.03 Å². The Hall–Kier alpha value is -1.56. The maximum atomic E-state index is 12.1. The molecule has 0 unspecified atom stereocenters. The lowest BCUT2D eigenvalue weighted by atomic mass is 10.0. The lowest BCUT2D eigenvalue weighted by Crippen LogP contribution is -2.49. The summed E-state index contributed by atoms with van der Waals surface area (Å²) in [4.78, 5) is 13.8. The summed E-state index contributed by atoms with van der Waals surface area (Å²) < 4.78 is 26.4. The number of carbonyl (C=O) groups excluding carboxylic acids is 1. The lowest BCUT2D eigenvalue weighted by molar-refractivity contribution is 0.163. The highest BCUT2D eigenvalue weighted by Crippen LogP contribution is 2.17. The van der Waals surface area contributed by atoms with Crippen LogP contribution in [0.15, 0.2) is 29.2 Å². The zero-order chi connectivity index (χ0) is 14.8. The van der Waals surface area contributed by atoms with Crippen LogP contribution in [-0.2, 0) is 10.0 Å². The Morgan fingerprint density at radius 2 is 1.90 bits per heavy atom. The first-order valence-electron chi connectivity index (χ1n) is 6.80. The van der Waals surface area contributed by atoms with Crippen LogP contribution >= 0.6 is 0 Å². The first kappa shape index (κ1) is 14.8. The molecule has 0 aliphatic carbocycles. The average Bonchev–Trinajstić information content (AvgIpc) is 2.39. The van der Waals surface area contributed by atoms with E-state index in [2.05, 4.69) is 4.72 Å². The van der Waals surface area contributed by atoms with Crippen molar-refractivity contribution in [2.75, 3.05) is 6.54 Å². The van der Waals surface area contributed by atoms with Crippen molar-refractivity contribution in [2.45, 2.75) is 44.0 Å². The largest absolute Gasteiger partial charge is 0.331 e. The van der Waals surface area contributed by atoms with Gasteiger partial charge in [-0.3, -0.25) is 0 Å². The van der Waals surface area contributed by atoms with E-state index in [0.717, 1.165) is 24.8 Å². The van der Waals surface area contributed by atoms with E-state index in [9.17, 15) is 13.2 Å². The fraction of sp³-hybridized carbons (Fsp3) is 0.500. The van der Waals surface area contributed by atoms with E-state index in [1.165, 1.54) is 12.1 Å². The van der Waals surface area contributed by atoms with E-state index >= 15 is 0 Å². The van der Waals surface area contributed by atoms with Gasteiger partial charge in [-0.15, -0.1) is 0 Å². The number of sulfonamides is 1. The third kappa shape index (κ3) is 3.30. The van der Waals surface area contributed by atoms with Gasteiger partial charge in [-0.05, 0) is 45.2 Å². The Morgan fingerprint density at radius 1 is 1.25 bits per heavy atom. The van der Waals surface area contributed by atoms with Crippen molar-refractivity contribution in [1.29, 1.82) is 0 Å². The Labute approximate surface area is 120 Å². The average molecular weight is 296 g/mol. The van der Waals surface area contributed by atoms with E-state index in [4.69, 9.17) is 0 Å². The SMILES string of the molecule is Cc1ccc(S(=O)(=O)NC(=O)N2CCCC[C@@H]2C)cc1. The number of rotatable bonds is 2. The number of urea groups is 1. The van der Waals surface area contributed by atoms with Crippen LogP contribution in [-0.4, -0.2) is 31.9 Å². The molecule has 1 fully saturated rings. The first-order valence-corrected chi connectivity index (χ1v) is 8.28. The fourth-order valence-corrected chi connectivity index (χ4v) is 3.31. The number of hydrogen-bond acceptors (Lipinski definition) is 3. The molecule has 1 aromatic rings. The molecule has 1 atom stereocenters. The van der Waals surface area contributed by atoms with Crippen molar-refractivity contribution < 1.29 is 13.2 Å². The van der Waals surface area contributed by atoms with Crippen LogP contribution < -0.4 is 4.72 Å². The number of aryl methyl sites for hydroxylation is 1. The number of hydrogen-bond donors (Lipinski definition) is 1. The molecule has 1 aliphatic heterocycles. The van der Waals surface area contributed by atoms with Crippen LogP contribution in [0.25, 0.3) is 0 Å². The Balaban J connectivity index is 2.11. The van der Waals surface area contributed by atoms with Gasteiger partial charge < -0.3 is 4.90 Å². The minimum atomic E-state index is -3.79. The lowest BCUT2D eigenvalue weighted by Gasteiger charge is -2.33. The third-order valence-corrected chi connectivity index (χ3v) is 4.95. The third-order valence-electron chi connectivity index (χ3n) is 3.62. The molecule has 0 bridgehead atoms. The van der Waals surface area contributed by atoms with Crippen molar-refractivity contribution in [3.63, 3.8) is 0 Å². The van der Waals surface area contributed by atoms with Crippen LogP contribution in [0.3, 0.4) is 0 Å². The first-order chi connectivity index (χ1) is 9.40. The standard InChI is InChI=1S/C14H20N2O3S/c1-11-6-8-13(9-7-11)20(18,19)15-14(17)16-10-4-3-5-12(16)2/h6-9,12H,3-5,10H2,1-2H3,(H,15,17)/t12-/m0/s1. The van der Waals surface area contributed by atoms with Crippen LogP contribution in [0.1, 0.15) is 31.7 Å². The fourth-order valence-electron chi connectivity index (χ4n) is 2.35. The molecule has 2 amide bonds. The number of piperidine rings is 1. The van der Waals surface area contributed by atoms with Crippen molar-refractivity contribution >= 4 is 16.1 Å². The Bertz CT molecular complexity index is 581. The van der Waals surface area contributed by atoms with Crippen molar-refractivity contribution in [3.8, 4) is 0 Å². The van der Waals surface area contributed by atoms with E-state index in [1.54, 1.807) is 17.0 Å².